The molecule has 1 saturated heterocycles. The Morgan fingerprint density at radius 2 is 1.76 bits per heavy atom. The van der Waals surface area contributed by atoms with Gasteiger partial charge in [-0.2, -0.15) is 17.5 Å². The van der Waals surface area contributed by atoms with E-state index in [4.69, 9.17) is 11.6 Å². The summed E-state index contributed by atoms with van der Waals surface area (Å²) in [5.74, 6) is -0.123. The average Bonchev–Trinajstić information content (AvgIpc) is 2.65. The Hall–Kier alpha value is -1.36. The summed E-state index contributed by atoms with van der Waals surface area (Å²) in [4.78, 5) is 13.5. The molecule has 29 heavy (non-hydrogen) atoms. The van der Waals surface area contributed by atoms with Gasteiger partial charge in [-0.3, -0.25) is 9.69 Å². The standard InChI is InChI=1S/C18H25ClF3N3O3S/c1-3-13(4-2)23-17(26)12-24-7-9-25(10-8-24)29(27,28)14-5-6-16(19)15(11-14)18(20,21)22/h5-6,11,13H,3-4,7-10,12H2,1-2H3,(H,23,26). The van der Waals surface area contributed by atoms with Crippen LogP contribution in [0.15, 0.2) is 23.1 Å². The molecule has 0 aromatic heterocycles. The number of piperazine rings is 1. The van der Waals surface area contributed by atoms with Crippen LogP contribution in [0.25, 0.3) is 0 Å². The second-order valence-electron chi connectivity index (χ2n) is 6.90. The van der Waals surface area contributed by atoms with Crippen LogP contribution in [0.5, 0.6) is 0 Å². The van der Waals surface area contributed by atoms with Gasteiger partial charge in [-0.05, 0) is 31.0 Å². The van der Waals surface area contributed by atoms with Gasteiger partial charge in [0, 0.05) is 32.2 Å². The van der Waals surface area contributed by atoms with Crippen molar-refractivity contribution < 1.29 is 26.4 Å². The fourth-order valence-electron chi connectivity index (χ4n) is 3.13. The third-order valence-electron chi connectivity index (χ3n) is 4.93. The van der Waals surface area contributed by atoms with Crippen LogP contribution in [0, 0.1) is 0 Å². The lowest BCUT2D eigenvalue weighted by atomic mass is 10.2. The summed E-state index contributed by atoms with van der Waals surface area (Å²) < 4.78 is 65.7. The van der Waals surface area contributed by atoms with Gasteiger partial charge in [-0.15, -0.1) is 0 Å². The summed E-state index contributed by atoms with van der Waals surface area (Å²) >= 11 is 5.57. The first kappa shape index (κ1) is 23.9. The molecule has 1 aliphatic heterocycles. The molecular weight excluding hydrogens is 431 g/mol. The summed E-state index contributed by atoms with van der Waals surface area (Å²) in [6.07, 6.45) is -3.09. The van der Waals surface area contributed by atoms with Crippen molar-refractivity contribution in [2.24, 2.45) is 0 Å². The summed E-state index contributed by atoms with van der Waals surface area (Å²) in [5.41, 5.74) is -1.18. The van der Waals surface area contributed by atoms with Gasteiger partial charge in [0.1, 0.15) is 0 Å². The predicted octanol–water partition coefficient (Wildman–Crippen LogP) is 2.97. The first-order chi connectivity index (χ1) is 13.5. The van der Waals surface area contributed by atoms with Crippen LogP contribution in [0.3, 0.4) is 0 Å². The molecule has 164 valence electrons. The van der Waals surface area contributed by atoms with E-state index in [9.17, 15) is 26.4 Å². The summed E-state index contributed by atoms with van der Waals surface area (Å²) in [7, 11) is -4.09. The average molecular weight is 456 g/mol. The number of benzene rings is 1. The first-order valence-electron chi connectivity index (χ1n) is 9.37. The number of hydrogen-bond donors (Lipinski definition) is 1. The quantitative estimate of drug-likeness (QED) is 0.686. The largest absolute Gasteiger partial charge is 0.417 e. The molecule has 0 aliphatic carbocycles. The van der Waals surface area contributed by atoms with Crippen LogP contribution in [-0.4, -0.2) is 62.3 Å². The van der Waals surface area contributed by atoms with Gasteiger partial charge in [0.15, 0.2) is 0 Å². The molecule has 0 bridgehead atoms. The number of amides is 1. The highest BCUT2D eigenvalue weighted by Gasteiger charge is 2.36. The Kier molecular flexibility index (Phi) is 7.94. The van der Waals surface area contributed by atoms with Crippen molar-refractivity contribution in [2.45, 2.75) is 43.8 Å². The molecule has 0 radical (unpaired) electrons. The lowest BCUT2D eigenvalue weighted by Crippen LogP contribution is -2.51. The molecule has 11 heteroatoms. The molecule has 1 aliphatic rings. The molecular formula is C18H25ClF3N3O3S. The van der Waals surface area contributed by atoms with E-state index in [0.717, 1.165) is 29.3 Å². The molecule has 2 rings (SSSR count). The van der Waals surface area contributed by atoms with E-state index in [1.165, 1.54) is 0 Å². The van der Waals surface area contributed by atoms with Crippen LogP contribution < -0.4 is 5.32 Å². The Morgan fingerprint density at radius 1 is 1.17 bits per heavy atom. The van der Waals surface area contributed by atoms with E-state index in [-0.39, 0.29) is 31.6 Å². The summed E-state index contributed by atoms with van der Waals surface area (Å²) in [5, 5.41) is 2.37. The van der Waals surface area contributed by atoms with Gasteiger partial charge < -0.3 is 5.32 Å². The fourth-order valence-corrected chi connectivity index (χ4v) is 4.80. The van der Waals surface area contributed by atoms with Crippen LogP contribution >= 0.6 is 11.6 Å². The number of alkyl halides is 3. The Labute approximate surface area is 174 Å². The Morgan fingerprint density at radius 3 is 2.28 bits per heavy atom. The Bertz CT molecular complexity index is 821. The van der Waals surface area contributed by atoms with E-state index in [1.54, 1.807) is 0 Å². The van der Waals surface area contributed by atoms with E-state index >= 15 is 0 Å². The second-order valence-corrected chi connectivity index (χ2v) is 9.25. The van der Waals surface area contributed by atoms with Crippen molar-refractivity contribution in [1.29, 1.82) is 0 Å². The normalized spacial score (nSPS) is 16.9. The first-order valence-corrected chi connectivity index (χ1v) is 11.2. The number of hydrogen-bond acceptors (Lipinski definition) is 4. The van der Waals surface area contributed by atoms with Gasteiger partial charge in [-0.25, -0.2) is 8.42 Å². The van der Waals surface area contributed by atoms with E-state index in [0.29, 0.717) is 19.2 Å². The molecule has 1 N–H and O–H groups in total. The van der Waals surface area contributed by atoms with Gasteiger partial charge in [0.25, 0.3) is 0 Å². The molecule has 1 fully saturated rings. The van der Waals surface area contributed by atoms with E-state index in [2.05, 4.69) is 5.32 Å². The Balaban J connectivity index is 2.02. The smallest absolute Gasteiger partial charge is 0.352 e. The highest BCUT2D eigenvalue weighted by atomic mass is 35.5. The molecule has 1 amide bonds. The van der Waals surface area contributed by atoms with Crippen molar-refractivity contribution in [3.63, 3.8) is 0 Å². The minimum atomic E-state index is -4.75. The molecule has 0 unspecified atom stereocenters. The van der Waals surface area contributed by atoms with Crippen LogP contribution in [0.2, 0.25) is 5.02 Å². The lowest BCUT2D eigenvalue weighted by molar-refractivity contribution is -0.137. The molecule has 0 saturated carbocycles. The zero-order valence-corrected chi connectivity index (χ0v) is 17.9. The lowest BCUT2D eigenvalue weighted by Gasteiger charge is -2.33. The molecule has 1 heterocycles. The zero-order chi connectivity index (χ0) is 21.8. The highest BCUT2D eigenvalue weighted by Crippen LogP contribution is 2.36. The number of nitrogens with zero attached hydrogens (tertiary/aromatic N) is 2. The zero-order valence-electron chi connectivity index (χ0n) is 16.3. The maximum Gasteiger partial charge on any atom is 0.417 e. The molecule has 0 spiro atoms. The number of carbonyl (C=O) groups excluding carboxylic acids is 1. The van der Waals surface area contributed by atoms with Gasteiger partial charge in [0.2, 0.25) is 15.9 Å². The van der Waals surface area contributed by atoms with Crippen LogP contribution in [0.4, 0.5) is 13.2 Å². The summed E-state index contributed by atoms with van der Waals surface area (Å²) in [6, 6.07) is 2.68. The molecule has 0 atom stereocenters. The van der Waals surface area contributed by atoms with E-state index in [1.807, 2.05) is 18.7 Å². The minimum Gasteiger partial charge on any atom is -0.352 e. The maximum atomic E-state index is 13.0. The van der Waals surface area contributed by atoms with Gasteiger partial charge >= 0.3 is 6.18 Å². The van der Waals surface area contributed by atoms with Crippen LogP contribution in [0.1, 0.15) is 32.3 Å². The van der Waals surface area contributed by atoms with Crippen molar-refractivity contribution in [2.75, 3.05) is 32.7 Å². The predicted molar refractivity (Wildman–Crippen MR) is 104 cm³/mol. The van der Waals surface area contributed by atoms with E-state index < -0.39 is 31.7 Å². The second kappa shape index (κ2) is 9.63. The van der Waals surface area contributed by atoms with Gasteiger partial charge in [0.05, 0.1) is 22.0 Å². The third-order valence-corrected chi connectivity index (χ3v) is 7.15. The van der Waals surface area contributed by atoms with Crippen molar-refractivity contribution in [3.05, 3.63) is 28.8 Å². The number of rotatable bonds is 7. The number of nitrogens with one attached hydrogen (secondary N) is 1. The maximum absolute atomic E-state index is 13.0. The fraction of sp³-hybridized carbons (Fsp3) is 0.611. The molecule has 1 aromatic carbocycles. The monoisotopic (exact) mass is 455 g/mol. The highest BCUT2D eigenvalue weighted by molar-refractivity contribution is 7.89. The van der Waals surface area contributed by atoms with Crippen molar-refractivity contribution in [1.82, 2.24) is 14.5 Å². The third kappa shape index (κ3) is 6.07. The molecule has 6 nitrogen and oxygen atoms in total. The minimum absolute atomic E-state index is 0.0879. The van der Waals surface area contributed by atoms with Gasteiger partial charge in [-0.1, -0.05) is 25.4 Å². The van der Waals surface area contributed by atoms with Crippen molar-refractivity contribution >= 4 is 27.5 Å². The van der Waals surface area contributed by atoms with Crippen molar-refractivity contribution in [3.8, 4) is 0 Å². The SMILES string of the molecule is CCC(CC)NC(=O)CN1CCN(S(=O)(=O)c2ccc(Cl)c(C(F)(F)F)c2)CC1. The summed E-state index contributed by atoms with van der Waals surface area (Å²) in [6.45, 7) is 4.93. The number of sulfonamides is 1. The topological polar surface area (TPSA) is 69.7 Å². The van der Waals surface area contributed by atoms with Crippen LogP contribution in [-0.2, 0) is 21.0 Å². The number of carbonyl (C=O) groups is 1. The molecule has 1 aromatic rings. The number of halogens is 4.